The smallest absolute Gasteiger partial charge is 0.338 e. The maximum absolute atomic E-state index is 12.8. The Bertz CT molecular complexity index is 1140. The normalized spacial score (nSPS) is 12.7. The van der Waals surface area contributed by atoms with Crippen LogP contribution in [-0.4, -0.2) is 24.9 Å². The quantitative estimate of drug-likeness (QED) is 0.448. The second-order valence-electron chi connectivity index (χ2n) is 6.61. The second-order valence-corrected chi connectivity index (χ2v) is 7.04. The second kappa shape index (κ2) is 8.00. The van der Waals surface area contributed by atoms with Crippen molar-refractivity contribution in [3.63, 3.8) is 0 Å². The molecule has 0 radical (unpaired) electrons. The summed E-state index contributed by atoms with van der Waals surface area (Å²) in [6.07, 6.45) is 0. The highest BCUT2D eigenvalue weighted by Crippen LogP contribution is 2.30. The van der Waals surface area contributed by atoms with Crippen LogP contribution in [0, 0.1) is 0 Å². The van der Waals surface area contributed by atoms with Gasteiger partial charge >= 0.3 is 5.97 Å². The number of amides is 2. The fourth-order valence-corrected chi connectivity index (χ4v) is 3.27. The van der Waals surface area contributed by atoms with Crippen molar-refractivity contribution >= 4 is 35.1 Å². The number of benzene rings is 3. The highest BCUT2D eigenvalue weighted by molar-refractivity contribution is 6.35. The zero-order chi connectivity index (χ0) is 21.3. The zero-order valence-corrected chi connectivity index (χ0v) is 16.7. The van der Waals surface area contributed by atoms with Crippen molar-refractivity contribution in [2.24, 2.45) is 0 Å². The number of carbonyl (C=O) groups is 3. The first-order chi connectivity index (χ1) is 14.5. The first kappa shape index (κ1) is 19.7. The van der Waals surface area contributed by atoms with Crippen molar-refractivity contribution in [1.82, 2.24) is 0 Å². The van der Waals surface area contributed by atoms with Gasteiger partial charge in [-0.25, -0.2) is 9.69 Å². The predicted molar refractivity (Wildman–Crippen MR) is 111 cm³/mol. The third-order valence-corrected chi connectivity index (χ3v) is 4.99. The van der Waals surface area contributed by atoms with E-state index in [1.54, 1.807) is 55.6 Å². The van der Waals surface area contributed by atoms with E-state index < -0.39 is 17.8 Å². The molecule has 0 bridgehead atoms. The van der Waals surface area contributed by atoms with Gasteiger partial charge in [-0.05, 0) is 60.2 Å². The van der Waals surface area contributed by atoms with Gasteiger partial charge in [-0.3, -0.25) is 9.59 Å². The number of methoxy groups -OCH3 is 1. The molecule has 0 aliphatic carbocycles. The number of hydrogen-bond donors (Lipinski definition) is 0. The minimum atomic E-state index is -0.584. The summed E-state index contributed by atoms with van der Waals surface area (Å²) in [5.41, 5.74) is 1.80. The molecule has 30 heavy (non-hydrogen) atoms. The number of imide groups is 1. The van der Waals surface area contributed by atoms with Crippen molar-refractivity contribution in [3.05, 3.63) is 94.0 Å². The summed E-state index contributed by atoms with van der Waals surface area (Å²) in [6, 6.07) is 17.8. The summed E-state index contributed by atoms with van der Waals surface area (Å²) in [6.45, 7) is 0.0731. The highest BCUT2D eigenvalue weighted by Gasteiger charge is 2.37. The van der Waals surface area contributed by atoms with Gasteiger partial charge < -0.3 is 9.47 Å². The fourth-order valence-electron chi connectivity index (χ4n) is 3.15. The Morgan fingerprint density at radius 3 is 2.23 bits per heavy atom. The van der Waals surface area contributed by atoms with Gasteiger partial charge in [0.05, 0.1) is 29.5 Å². The van der Waals surface area contributed by atoms with Gasteiger partial charge in [0.15, 0.2) is 0 Å². The largest absolute Gasteiger partial charge is 0.497 e. The van der Waals surface area contributed by atoms with E-state index in [9.17, 15) is 14.4 Å². The molecular weight excluding hydrogens is 406 g/mol. The average Bonchev–Trinajstić information content (AvgIpc) is 3.02. The van der Waals surface area contributed by atoms with Gasteiger partial charge in [-0.1, -0.05) is 23.7 Å². The highest BCUT2D eigenvalue weighted by atomic mass is 35.5. The number of esters is 1. The standard InChI is InChI=1S/C23H16ClNO5/c1-29-18-9-2-14(3-10-18)13-30-23(28)15-4-11-19-20(12-15)22(27)25(21(19)26)17-7-5-16(24)6-8-17/h2-12H,13H2,1H3. The number of anilines is 1. The molecule has 1 aliphatic rings. The lowest BCUT2D eigenvalue weighted by molar-refractivity contribution is 0.0472. The van der Waals surface area contributed by atoms with Crippen LogP contribution in [0.2, 0.25) is 5.02 Å². The molecule has 0 spiro atoms. The summed E-state index contributed by atoms with van der Waals surface area (Å²) < 4.78 is 10.4. The maximum atomic E-state index is 12.8. The average molecular weight is 422 g/mol. The fraction of sp³-hybridized carbons (Fsp3) is 0.0870. The van der Waals surface area contributed by atoms with Crippen LogP contribution in [0.4, 0.5) is 5.69 Å². The van der Waals surface area contributed by atoms with Crippen LogP contribution in [-0.2, 0) is 11.3 Å². The van der Waals surface area contributed by atoms with E-state index in [4.69, 9.17) is 21.1 Å². The van der Waals surface area contributed by atoms with Crippen LogP contribution in [0.15, 0.2) is 66.7 Å². The van der Waals surface area contributed by atoms with Crippen molar-refractivity contribution in [1.29, 1.82) is 0 Å². The molecule has 0 N–H and O–H groups in total. The minimum Gasteiger partial charge on any atom is -0.497 e. The Morgan fingerprint density at radius 2 is 1.57 bits per heavy atom. The van der Waals surface area contributed by atoms with Gasteiger partial charge in [0.25, 0.3) is 11.8 Å². The van der Waals surface area contributed by atoms with E-state index in [1.807, 2.05) is 0 Å². The number of ether oxygens (including phenoxy) is 2. The summed E-state index contributed by atoms with van der Waals surface area (Å²) >= 11 is 5.88. The molecule has 0 saturated heterocycles. The summed E-state index contributed by atoms with van der Waals surface area (Å²) in [4.78, 5) is 39.0. The third-order valence-electron chi connectivity index (χ3n) is 4.74. The lowest BCUT2D eigenvalue weighted by Gasteiger charge is -2.13. The predicted octanol–water partition coefficient (Wildman–Crippen LogP) is 4.51. The van der Waals surface area contributed by atoms with Crippen LogP contribution >= 0.6 is 11.6 Å². The Kier molecular flexibility index (Phi) is 5.25. The molecule has 6 nitrogen and oxygen atoms in total. The van der Waals surface area contributed by atoms with E-state index in [0.717, 1.165) is 10.5 Å². The maximum Gasteiger partial charge on any atom is 0.338 e. The van der Waals surface area contributed by atoms with E-state index in [2.05, 4.69) is 0 Å². The van der Waals surface area contributed by atoms with Crippen LogP contribution in [0.5, 0.6) is 5.75 Å². The molecule has 4 rings (SSSR count). The van der Waals surface area contributed by atoms with Gasteiger partial charge in [-0.2, -0.15) is 0 Å². The molecule has 0 fully saturated rings. The van der Waals surface area contributed by atoms with Crippen LogP contribution in [0.25, 0.3) is 0 Å². The molecule has 150 valence electrons. The molecule has 3 aromatic rings. The molecule has 1 aliphatic heterocycles. The molecule has 3 aromatic carbocycles. The number of nitrogens with zero attached hydrogens (tertiary/aromatic N) is 1. The molecule has 0 atom stereocenters. The van der Waals surface area contributed by atoms with Crippen LogP contribution in [0.1, 0.15) is 36.6 Å². The number of halogens is 1. The Hall–Kier alpha value is -3.64. The first-order valence-electron chi connectivity index (χ1n) is 9.06. The minimum absolute atomic E-state index is 0.0731. The van der Waals surface area contributed by atoms with Gasteiger partial charge in [0.1, 0.15) is 12.4 Å². The van der Waals surface area contributed by atoms with Crippen molar-refractivity contribution in [3.8, 4) is 5.75 Å². The topological polar surface area (TPSA) is 72.9 Å². The summed E-state index contributed by atoms with van der Waals surface area (Å²) in [5.74, 6) is -0.825. The SMILES string of the molecule is COc1ccc(COC(=O)c2ccc3c(c2)C(=O)N(c2ccc(Cl)cc2)C3=O)cc1. The van der Waals surface area contributed by atoms with Crippen molar-refractivity contribution < 1.29 is 23.9 Å². The van der Waals surface area contributed by atoms with Crippen molar-refractivity contribution in [2.45, 2.75) is 6.61 Å². The van der Waals surface area contributed by atoms with Gasteiger partial charge in [0, 0.05) is 5.02 Å². The summed E-state index contributed by atoms with van der Waals surface area (Å²) in [7, 11) is 1.57. The molecular formula is C23H16ClNO5. The van der Waals surface area contributed by atoms with E-state index in [1.165, 1.54) is 18.2 Å². The monoisotopic (exact) mass is 421 g/mol. The van der Waals surface area contributed by atoms with E-state index >= 15 is 0 Å². The van der Waals surface area contributed by atoms with Gasteiger partial charge in [-0.15, -0.1) is 0 Å². The number of hydrogen-bond acceptors (Lipinski definition) is 5. The molecule has 2 amide bonds. The van der Waals surface area contributed by atoms with Gasteiger partial charge in [0.2, 0.25) is 0 Å². The molecule has 0 unspecified atom stereocenters. The van der Waals surface area contributed by atoms with Crippen LogP contribution < -0.4 is 9.64 Å². The van der Waals surface area contributed by atoms with E-state index in [0.29, 0.717) is 16.5 Å². The Labute approximate surface area is 177 Å². The molecule has 0 aromatic heterocycles. The number of rotatable bonds is 5. The first-order valence-corrected chi connectivity index (χ1v) is 9.44. The zero-order valence-electron chi connectivity index (χ0n) is 15.9. The van der Waals surface area contributed by atoms with Crippen LogP contribution in [0.3, 0.4) is 0 Å². The summed E-state index contributed by atoms with van der Waals surface area (Å²) in [5, 5.41) is 0.497. The molecule has 0 saturated carbocycles. The number of carbonyl (C=O) groups excluding carboxylic acids is 3. The van der Waals surface area contributed by atoms with Crippen molar-refractivity contribution in [2.75, 3.05) is 12.0 Å². The lowest BCUT2D eigenvalue weighted by atomic mass is 10.1. The lowest BCUT2D eigenvalue weighted by Crippen LogP contribution is -2.29. The molecule has 7 heteroatoms. The van der Waals surface area contributed by atoms with E-state index in [-0.39, 0.29) is 23.3 Å². The Morgan fingerprint density at radius 1 is 0.900 bits per heavy atom. The Balaban J connectivity index is 1.51. The molecule has 1 heterocycles. The third kappa shape index (κ3) is 3.65. The number of fused-ring (bicyclic) bond motifs is 1.